The second kappa shape index (κ2) is 4.33. The van der Waals surface area contributed by atoms with Crippen LogP contribution in [-0.2, 0) is 6.54 Å². The van der Waals surface area contributed by atoms with E-state index < -0.39 is 5.60 Å². The first kappa shape index (κ1) is 10.7. The molecule has 1 unspecified atom stereocenters. The van der Waals surface area contributed by atoms with E-state index in [2.05, 4.69) is 17.4 Å². The summed E-state index contributed by atoms with van der Waals surface area (Å²) in [5.74, 6) is 0. The second-order valence-corrected chi connectivity index (χ2v) is 4.67. The molecule has 2 heteroatoms. The van der Waals surface area contributed by atoms with E-state index in [-0.39, 0.29) is 6.04 Å². The van der Waals surface area contributed by atoms with Crippen molar-refractivity contribution in [2.24, 2.45) is 0 Å². The summed E-state index contributed by atoms with van der Waals surface area (Å²) in [4.78, 5) is 0. The minimum absolute atomic E-state index is 0.248. The van der Waals surface area contributed by atoms with Crippen LogP contribution in [0.1, 0.15) is 31.7 Å². The van der Waals surface area contributed by atoms with Gasteiger partial charge in [-0.3, -0.25) is 0 Å². The molecular formula is C13H19NO. The Morgan fingerprint density at radius 1 is 1.40 bits per heavy atom. The molecule has 0 bridgehead atoms. The Morgan fingerprint density at radius 2 is 2.13 bits per heavy atom. The van der Waals surface area contributed by atoms with E-state index in [1.54, 1.807) is 0 Å². The molecule has 2 N–H and O–H groups in total. The van der Waals surface area contributed by atoms with Gasteiger partial charge in [0.25, 0.3) is 0 Å². The minimum Gasteiger partial charge on any atom is -0.389 e. The third kappa shape index (κ3) is 2.58. The van der Waals surface area contributed by atoms with E-state index in [1.165, 1.54) is 5.56 Å². The first-order chi connectivity index (χ1) is 7.18. The average Bonchev–Trinajstić information content (AvgIpc) is 2.56. The van der Waals surface area contributed by atoms with Crippen LogP contribution in [0.15, 0.2) is 30.3 Å². The Kier molecular flexibility index (Phi) is 3.08. The summed E-state index contributed by atoms with van der Waals surface area (Å²) >= 11 is 0. The van der Waals surface area contributed by atoms with Crippen LogP contribution in [0.25, 0.3) is 0 Å². The van der Waals surface area contributed by atoms with Crippen LogP contribution < -0.4 is 5.32 Å². The van der Waals surface area contributed by atoms with Gasteiger partial charge in [0.05, 0.1) is 5.60 Å². The molecule has 0 radical (unpaired) electrons. The first-order valence-corrected chi connectivity index (χ1v) is 5.68. The van der Waals surface area contributed by atoms with Crippen molar-refractivity contribution in [3.8, 4) is 0 Å². The van der Waals surface area contributed by atoms with Crippen molar-refractivity contribution in [3.63, 3.8) is 0 Å². The van der Waals surface area contributed by atoms with Crippen molar-refractivity contribution < 1.29 is 5.11 Å². The van der Waals surface area contributed by atoms with Crippen molar-refractivity contribution >= 4 is 0 Å². The van der Waals surface area contributed by atoms with E-state index in [1.807, 2.05) is 25.1 Å². The molecule has 82 valence electrons. The molecular weight excluding hydrogens is 186 g/mol. The standard InChI is InChI=1S/C13H19NO/c1-13(15)9-5-8-12(13)14-10-11-6-3-2-4-7-11/h2-4,6-7,12,14-15H,5,8-10H2,1H3/t12?,13-/m1/s1. The number of aliphatic hydroxyl groups is 1. The highest BCUT2D eigenvalue weighted by Crippen LogP contribution is 2.29. The fraction of sp³-hybridized carbons (Fsp3) is 0.538. The van der Waals surface area contributed by atoms with Gasteiger partial charge in [-0.2, -0.15) is 0 Å². The normalized spacial score (nSPS) is 30.7. The van der Waals surface area contributed by atoms with Crippen LogP contribution in [0.4, 0.5) is 0 Å². The minimum atomic E-state index is -0.519. The summed E-state index contributed by atoms with van der Waals surface area (Å²) in [5, 5.41) is 13.5. The third-order valence-electron chi connectivity index (χ3n) is 3.32. The predicted molar refractivity (Wildman–Crippen MR) is 61.5 cm³/mol. The molecule has 1 aromatic rings. The monoisotopic (exact) mass is 205 g/mol. The average molecular weight is 205 g/mol. The van der Waals surface area contributed by atoms with Crippen LogP contribution in [-0.4, -0.2) is 16.7 Å². The van der Waals surface area contributed by atoms with Crippen molar-refractivity contribution in [1.82, 2.24) is 5.32 Å². The molecule has 0 saturated heterocycles. The molecule has 2 atom stereocenters. The smallest absolute Gasteiger partial charge is 0.0772 e. The van der Waals surface area contributed by atoms with Gasteiger partial charge in [-0.1, -0.05) is 30.3 Å². The van der Waals surface area contributed by atoms with Crippen molar-refractivity contribution in [1.29, 1.82) is 0 Å². The molecule has 0 aromatic heterocycles. The van der Waals surface area contributed by atoms with E-state index in [0.717, 1.165) is 25.8 Å². The topological polar surface area (TPSA) is 32.3 Å². The lowest BCUT2D eigenvalue weighted by Crippen LogP contribution is -2.44. The second-order valence-electron chi connectivity index (χ2n) is 4.67. The van der Waals surface area contributed by atoms with Crippen LogP contribution >= 0.6 is 0 Å². The molecule has 1 aliphatic carbocycles. The SMILES string of the molecule is C[C@@]1(O)CCCC1NCc1ccccc1. The molecule has 1 fully saturated rings. The Labute approximate surface area is 91.3 Å². The summed E-state index contributed by atoms with van der Waals surface area (Å²) in [6.45, 7) is 2.78. The lowest BCUT2D eigenvalue weighted by molar-refractivity contribution is 0.0387. The molecule has 2 nitrogen and oxygen atoms in total. The van der Waals surface area contributed by atoms with Crippen molar-refractivity contribution in [2.75, 3.05) is 0 Å². The van der Waals surface area contributed by atoms with Crippen molar-refractivity contribution in [2.45, 2.75) is 44.4 Å². The van der Waals surface area contributed by atoms with E-state index in [9.17, 15) is 5.11 Å². The van der Waals surface area contributed by atoms with Gasteiger partial charge in [0.2, 0.25) is 0 Å². The zero-order chi connectivity index (χ0) is 10.7. The molecule has 0 spiro atoms. The number of nitrogens with one attached hydrogen (secondary N) is 1. The lowest BCUT2D eigenvalue weighted by Gasteiger charge is -2.26. The quantitative estimate of drug-likeness (QED) is 0.792. The molecule has 0 amide bonds. The fourth-order valence-electron chi connectivity index (χ4n) is 2.31. The predicted octanol–water partition coefficient (Wildman–Crippen LogP) is 2.08. The first-order valence-electron chi connectivity index (χ1n) is 5.68. The Bertz CT molecular complexity index is 308. The van der Waals surface area contributed by atoms with Gasteiger partial charge in [-0.05, 0) is 31.7 Å². The van der Waals surface area contributed by atoms with Gasteiger partial charge in [0, 0.05) is 12.6 Å². The lowest BCUT2D eigenvalue weighted by atomic mass is 10.0. The molecule has 1 saturated carbocycles. The van der Waals surface area contributed by atoms with Gasteiger partial charge in [-0.25, -0.2) is 0 Å². The maximum absolute atomic E-state index is 10.1. The van der Waals surface area contributed by atoms with Crippen LogP contribution in [0, 0.1) is 0 Å². The molecule has 0 heterocycles. The van der Waals surface area contributed by atoms with Crippen LogP contribution in [0.5, 0.6) is 0 Å². The van der Waals surface area contributed by atoms with Gasteiger partial charge in [-0.15, -0.1) is 0 Å². The molecule has 1 aliphatic rings. The van der Waals surface area contributed by atoms with Crippen LogP contribution in [0.2, 0.25) is 0 Å². The maximum atomic E-state index is 10.1. The molecule has 1 aromatic carbocycles. The summed E-state index contributed by atoms with van der Waals surface area (Å²) in [7, 11) is 0. The fourth-order valence-corrected chi connectivity index (χ4v) is 2.31. The van der Waals surface area contributed by atoms with E-state index in [0.29, 0.717) is 0 Å². The third-order valence-corrected chi connectivity index (χ3v) is 3.32. The molecule has 2 rings (SSSR count). The largest absolute Gasteiger partial charge is 0.389 e. The highest BCUT2D eigenvalue weighted by Gasteiger charge is 2.35. The van der Waals surface area contributed by atoms with E-state index >= 15 is 0 Å². The summed E-state index contributed by atoms with van der Waals surface area (Å²) in [6.07, 6.45) is 3.12. The Balaban J connectivity index is 1.89. The van der Waals surface area contributed by atoms with Crippen molar-refractivity contribution in [3.05, 3.63) is 35.9 Å². The number of rotatable bonds is 3. The Hall–Kier alpha value is -0.860. The van der Waals surface area contributed by atoms with Crippen LogP contribution in [0.3, 0.4) is 0 Å². The summed E-state index contributed by atoms with van der Waals surface area (Å²) < 4.78 is 0. The van der Waals surface area contributed by atoms with Gasteiger partial charge >= 0.3 is 0 Å². The number of hydrogen-bond donors (Lipinski definition) is 2. The zero-order valence-corrected chi connectivity index (χ0v) is 9.24. The molecule has 0 aliphatic heterocycles. The number of hydrogen-bond acceptors (Lipinski definition) is 2. The van der Waals surface area contributed by atoms with E-state index in [4.69, 9.17) is 0 Å². The number of benzene rings is 1. The Morgan fingerprint density at radius 3 is 2.73 bits per heavy atom. The summed E-state index contributed by atoms with van der Waals surface area (Å²) in [5.41, 5.74) is 0.759. The zero-order valence-electron chi connectivity index (χ0n) is 9.24. The maximum Gasteiger partial charge on any atom is 0.0772 e. The highest BCUT2D eigenvalue weighted by atomic mass is 16.3. The van der Waals surface area contributed by atoms with Gasteiger partial charge in [0.1, 0.15) is 0 Å². The van der Waals surface area contributed by atoms with Gasteiger partial charge in [0.15, 0.2) is 0 Å². The highest BCUT2D eigenvalue weighted by molar-refractivity contribution is 5.14. The summed E-state index contributed by atoms with van der Waals surface area (Å²) in [6, 6.07) is 10.6. The van der Waals surface area contributed by atoms with Gasteiger partial charge < -0.3 is 10.4 Å². The molecule has 15 heavy (non-hydrogen) atoms.